The minimum Gasteiger partial charge on any atom is -0.482 e. The zero-order chi connectivity index (χ0) is 10.7. The Morgan fingerprint density at radius 2 is 2.07 bits per heavy atom. The predicted molar refractivity (Wildman–Crippen MR) is 63.0 cm³/mol. The van der Waals surface area contributed by atoms with Crippen molar-refractivity contribution in [2.24, 2.45) is 5.41 Å². The lowest BCUT2D eigenvalue weighted by molar-refractivity contribution is -0.121. The topological polar surface area (TPSA) is 18.5 Å². The summed E-state index contributed by atoms with van der Waals surface area (Å²) in [5.41, 5.74) is 1.12. The van der Waals surface area contributed by atoms with E-state index in [0.717, 1.165) is 18.8 Å². The van der Waals surface area contributed by atoms with Crippen molar-refractivity contribution >= 4 is 17.3 Å². The second kappa shape index (κ2) is 4.29. The largest absolute Gasteiger partial charge is 0.482 e. The molecule has 0 aliphatic carbocycles. The fourth-order valence-electron chi connectivity index (χ4n) is 1.43. The highest BCUT2D eigenvalue weighted by Crippen LogP contribution is 2.26. The van der Waals surface area contributed by atoms with Gasteiger partial charge in [0.05, 0.1) is 19.8 Å². The number of hydrogen-bond donors (Lipinski definition) is 0. The number of hydrogen-bond acceptors (Lipinski definition) is 3. The first-order chi connectivity index (χ1) is 7.20. The Hall–Kier alpha value is -0.930. The van der Waals surface area contributed by atoms with E-state index < -0.39 is 0 Å². The van der Waals surface area contributed by atoms with Gasteiger partial charge in [0.1, 0.15) is 0 Å². The minimum atomic E-state index is 0.152. The van der Waals surface area contributed by atoms with E-state index in [1.807, 2.05) is 30.3 Å². The van der Waals surface area contributed by atoms with Gasteiger partial charge in [-0.2, -0.15) is 0 Å². The predicted octanol–water partition coefficient (Wildman–Crippen LogP) is 2.42. The molecule has 0 amide bonds. The van der Waals surface area contributed by atoms with Gasteiger partial charge < -0.3 is 9.47 Å². The average molecular weight is 222 g/mol. The molecule has 2 nitrogen and oxygen atoms in total. The van der Waals surface area contributed by atoms with Crippen LogP contribution in [0.5, 0.6) is 0 Å². The number of thiocarbonyl (C=S) groups is 1. The summed E-state index contributed by atoms with van der Waals surface area (Å²) in [6, 6.07) is 9.80. The standard InChI is InChI=1S/C12H14O2S/c1-12(7-13-8-12)9-14-11(15)10-5-3-2-4-6-10/h2-6H,7-9H2,1H3. The van der Waals surface area contributed by atoms with Crippen LogP contribution in [0.1, 0.15) is 12.5 Å². The summed E-state index contributed by atoms with van der Waals surface area (Å²) < 4.78 is 10.7. The maximum Gasteiger partial charge on any atom is 0.191 e. The summed E-state index contributed by atoms with van der Waals surface area (Å²) in [5.74, 6) is 0. The average Bonchev–Trinajstić information content (AvgIpc) is 2.24. The molecule has 1 fully saturated rings. The first-order valence-corrected chi connectivity index (χ1v) is 5.40. The molecule has 0 spiro atoms. The van der Waals surface area contributed by atoms with E-state index >= 15 is 0 Å². The third-order valence-corrected chi connectivity index (χ3v) is 2.82. The van der Waals surface area contributed by atoms with E-state index in [1.54, 1.807) is 0 Å². The smallest absolute Gasteiger partial charge is 0.191 e. The van der Waals surface area contributed by atoms with Crippen LogP contribution in [-0.2, 0) is 9.47 Å². The van der Waals surface area contributed by atoms with Crippen LogP contribution in [0.3, 0.4) is 0 Å². The molecule has 0 atom stereocenters. The highest BCUT2D eigenvalue weighted by atomic mass is 32.1. The van der Waals surface area contributed by atoms with Gasteiger partial charge in [-0.05, 0) is 12.2 Å². The molecule has 0 aromatic heterocycles. The molecule has 3 heteroatoms. The highest BCUT2D eigenvalue weighted by molar-refractivity contribution is 7.80. The van der Waals surface area contributed by atoms with Crippen molar-refractivity contribution in [2.75, 3.05) is 19.8 Å². The molecule has 2 rings (SSSR count). The van der Waals surface area contributed by atoms with Crippen LogP contribution >= 0.6 is 12.2 Å². The van der Waals surface area contributed by atoms with Crippen LogP contribution in [0.4, 0.5) is 0 Å². The molecule has 1 aromatic rings. The molecule has 0 saturated carbocycles. The van der Waals surface area contributed by atoms with Gasteiger partial charge in [0.25, 0.3) is 0 Å². The van der Waals surface area contributed by atoms with E-state index in [2.05, 4.69) is 6.92 Å². The Labute approximate surface area is 95.2 Å². The zero-order valence-electron chi connectivity index (χ0n) is 8.73. The van der Waals surface area contributed by atoms with Gasteiger partial charge in [-0.3, -0.25) is 0 Å². The summed E-state index contributed by atoms with van der Waals surface area (Å²) >= 11 is 5.20. The van der Waals surface area contributed by atoms with Crippen molar-refractivity contribution in [2.45, 2.75) is 6.92 Å². The lowest BCUT2D eigenvalue weighted by Gasteiger charge is -2.37. The van der Waals surface area contributed by atoms with Gasteiger partial charge in [0, 0.05) is 11.0 Å². The van der Waals surface area contributed by atoms with E-state index in [-0.39, 0.29) is 5.41 Å². The minimum absolute atomic E-state index is 0.152. The van der Waals surface area contributed by atoms with E-state index in [0.29, 0.717) is 11.7 Å². The maximum absolute atomic E-state index is 5.59. The van der Waals surface area contributed by atoms with Crippen LogP contribution in [0, 0.1) is 5.41 Å². The van der Waals surface area contributed by atoms with Crippen molar-refractivity contribution < 1.29 is 9.47 Å². The molecule has 0 bridgehead atoms. The Morgan fingerprint density at radius 1 is 1.40 bits per heavy atom. The maximum atomic E-state index is 5.59. The molecule has 80 valence electrons. The first-order valence-electron chi connectivity index (χ1n) is 5.00. The van der Waals surface area contributed by atoms with E-state index in [4.69, 9.17) is 21.7 Å². The first kappa shape index (κ1) is 10.6. The van der Waals surface area contributed by atoms with Crippen molar-refractivity contribution in [3.8, 4) is 0 Å². The van der Waals surface area contributed by atoms with Gasteiger partial charge >= 0.3 is 0 Å². The zero-order valence-corrected chi connectivity index (χ0v) is 9.55. The number of benzene rings is 1. The summed E-state index contributed by atoms with van der Waals surface area (Å²) in [5, 5.41) is 0.573. The Kier molecular flexibility index (Phi) is 3.03. The summed E-state index contributed by atoms with van der Waals surface area (Å²) in [6.07, 6.45) is 0. The van der Waals surface area contributed by atoms with Gasteiger partial charge in [0.2, 0.25) is 0 Å². The van der Waals surface area contributed by atoms with Crippen molar-refractivity contribution in [3.63, 3.8) is 0 Å². The Balaban J connectivity index is 1.88. The SMILES string of the molecule is CC1(COC(=S)c2ccccc2)COC1. The third kappa shape index (κ3) is 2.55. The fourth-order valence-corrected chi connectivity index (χ4v) is 1.63. The fraction of sp³-hybridized carbons (Fsp3) is 0.417. The Morgan fingerprint density at radius 3 is 2.60 bits per heavy atom. The third-order valence-electron chi connectivity index (χ3n) is 2.46. The molecule has 0 unspecified atom stereocenters. The molecule has 0 radical (unpaired) electrons. The summed E-state index contributed by atoms with van der Waals surface area (Å²) in [4.78, 5) is 0. The van der Waals surface area contributed by atoms with E-state index in [9.17, 15) is 0 Å². The lowest BCUT2D eigenvalue weighted by Crippen LogP contribution is -2.43. The summed E-state index contributed by atoms with van der Waals surface area (Å²) in [7, 11) is 0. The van der Waals surface area contributed by atoms with Gasteiger partial charge in [0.15, 0.2) is 5.05 Å². The molecule has 1 aliphatic heterocycles. The van der Waals surface area contributed by atoms with Crippen LogP contribution < -0.4 is 0 Å². The number of ether oxygens (including phenoxy) is 2. The molecule has 15 heavy (non-hydrogen) atoms. The van der Waals surface area contributed by atoms with Crippen LogP contribution in [0.25, 0.3) is 0 Å². The van der Waals surface area contributed by atoms with Gasteiger partial charge in [-0.1, -0.05) is 37.3 Å². The highest BCUT2D eigenvalue weighted by Gasteiger charge is 2.34. The second-order valence-electron chi connectivity index (χ2n) is 4.25. The van der Waals surface area contributed by atoms with Gasteiger partial charge in [-0.25, -0.2) is 0 Å². The molecule has 1 aromatic carbocycles. The monoisotopic (exact) mass is 222 g/mol. The molecule has 1 saturated heterocycles. The Bertz CT molecular complexity index is 344. The van der Waals surface area contributed by atoms with Crippen LogP contribution in [-0.4, -0.2) is 24.9 Å². The normalized spacial score (nSPS) is 17.9. The van der Waals surface area contributed by atoms with Crippen LogP contribution in [0.2, 0.25) is 0 Å². The molecule has 1 heterocycles. The molecule has 0 N–H and O–H groups in total. The van der Waals surface area contributed by atoms with Crippen molar-refractivity contribution in [1.82, 2.24) is 0 Å². The lowest BCUT2D eigenvalue weighted by atomic mass is 9.90. The quantitative estimate of drug-likeness (QED) is 0.732. The number of rotatable bonds is 3. The van der Waals surface area contributed by atoms with Crippen LogP contribution in [0.15, 0.2) is 30.3 Å². The van der Waals surface area contributed by atoms with Crippen molar-refractivity contribution in [1.29, 1.82) is 0 Å². The second-order valence-corrected chi connectivity index (χ2v) is 4.62. The molecular formula is C12H14O2S. The molecule has 1 aliphatic rings. The van der Waals surface area contributed by atoms with E-state index in [1.165, 1.54) is 0 Å². The summed E-state index contributed by atoms with van der Waals surface area (Å²) in [6.45, 7) is 4.32. The van der Waals surface area contributed by atoms with Gasteiger partial charge in [-0.15, -0.1) is 0 Å². The van der Waals surface area contributed by atoms with Crippen molar-refractivity contribution in [3.05, 3.63) is 35.9 Å². The molecular weight excluding hydrogens is 208 g/mol.